The van der Waals surface area contributed by atoms with Crippen molar-refractivity contribution in [3.8, 4) is 0 Å². The molecule has 0 heterocycles. The van der Waals surface area contributed by atoms with Crippen LogP contribution in [0, 0.1) is 5.41 Å². The van der Waals surface area contributed by atoms with E-state index in [0.717, 1.165) is 11.1 Å². The zero-order valence-corrected chi connectivity index (χ0v) is 28.3. The van der Waals surface area contributed by atoms with Crippen LogP contribution in [0.5, 0.6) is 0 Å². The van der Waals surface area contributed by atoms with E-state index in [-0.39, 0.29) is 11.4 Å². The van der Waals surface area contributed by atoms with Gasteiger partial charge in [0, 0.05) is 5.57 Å². The van der Waals surface area contributed by atoms with Crippen molar-refractivity contribution in [2.45, 2.75) is 81.6 Å². The molecule has 0 saturated heterocycles. The van der Waals surface area contributed by atoms with Crippen molar-refractivity contribution in [2.24, 2.45) is 5.41 Å². The zero-order valence-electron chi connectivity index (χ0n) is 28.3. The molecule has 0 aromatic heterocycles. The van der Waals surface area contributed by atoms with Crippen LogP contribution in [-0.4, -0.2) is 13.1 Å². The Kier molecular flexibility index (Phi) is 17.3. The minimum atomic E-state index is -0.314. The highest BCUT2D eigenvalue weighted by molar-refractivity contribution is 5.87. The van der Waals surface area contributed by atoms with Crippen LogP contribution in [0.1, 0.15) is 81.6 Å². The average molecular weight is 579 g/mol. The summed E-state index contributed by atoms with van der Waals surface area (Å²) in [6.45, 7) is 19.2. The van der Waals surface area contributed by atoms with Crippen molar-refractivity contribution >= 4 is 5.97 Å². The number of ether oxygens (including phenoxy) is 1. The minimum absolute atomic E-state index is 0.277. The van der Waals surface area contributed by atoms with Gasteiger partial charge in [-0.05, 0) is 78.7 Å². The van der Waals surface area contributed by atoms with Crippen molar-refractivity contribution in [2.75, 3.05) is 7.11 Å². The van der Waals surface area contributed by atoms with E-state index in [0.29, 0.717) is 5.57 Å². The first kappa shape index (κ1) is 37.1. The fourth-order valence-electron chi connectivity index (χ4n) is 4.55. The Labute approximate surface area is 263 Å². The van der Waals surface area contributed by atoms with Gasteiger partial charge < -0.3 is 4.74 Å². The monoisotopic (exact) mass is 578 g/mol. The van der Waals surface area contributed by atoms with Gasteiger partial charge >= 0.3 is 5.97 Å². The van der Waals surface area contributed by atoms with E-state index in [1.54, 1.807) is 13.0 Å². The molecule has 0 aromatic rings. The van der Waals surface area contributed by atoms with E-state index in [1.807, 2.05) is 31.2 Å². The normalized spacial score (nSPS) is 18.7. The lowest BCUT2D eigenvalue weighted by atomic mass is 9.72. The minimum Gasteiger partial charge on any atom is -0.466 e. The van der Waals surface area contributed by atoms with Crippen molar-refractivity contribution in [1.29, 1.82) is 0 Å². The molecule has 0 spiro atoms. The lowest BCUT2D eigenvalue weighted by Crippen LogP contribution is -2.19. The van der Waals surface area contributed by atoms with Gasteiger partial charge in [0.25, 0.3) is 0 Å². The molecule has 0 saturated carbocycles. The molecule has 0 unspecified atom stereocenters. The SMILES string of the molecule is COC(=O)/C(C)=C/C=C/C(C)=C/C=C/C(C)=C/C=C/C(C)=C/C=C/C=C(C)/C=C/C=C(C)/C=C/C1=C(C)CCCC1(C)C. The molecule has 0 N–H and O–H groups in total. The van der Waals surface area contributed by atoms with E-state index in [1.165, 1.54) is 54.2 Å². The second-order valence-electron chi connectivity index (χ2n) is 12.0. The van der Waals surface area contributed by atoms with Gasteiger partial charge in [-0.25, -0.2) is 4.79 Å². The van der Waals surface area contributed by atoms with Gasteiger partial charge in [-0.2, -0.15) is 0 Å². The molecule has 1 aliphatic carbocycles. The van der Waals surface area contributed by atoms with Crippen LogP contribution < -0.4 is 0 Å². The van der Waals surface area contributed by atoms with Crippen molar-refractivity contribution in [3.05, 3.63) is 154 Å². The molecule has 0 aliphatic heterocycles. The lowest BCUT2D eigenvalue weighted by Gasteiger charge is -2.32. The van der Waals surface area contributed by atoms with Crippen LogP contribution in [0.15, 0.2) is 154 Å². The molecule has 0 aromatic carbocycles. The van der Waals surface area contributed by atoms with Gasteiger partial charge in [0.2, 0.25) is 0 Å². The van der Waals surface area contributed by atoms with Gasteiger partial charge in [-0.3, -0.25) is 0 Å². The zero-order chi connectivity index (χ0) is 32.3. The predicted octanol–water partition coefficient (Wildman–Crippen LogP) is 11.7. The molecule has 2 heteroatoms. The first-order chi connectivity index (χ1) is 20.4. The van der Waals surface area contributed by atoms with Crippen LogP contribution in [0.2, 0.25) is 0 Å². The first-order valence-corrected chi connectivity index (χ1v) is 15.2. The highest BCUT2D eigenvalue weighted by atomic mass is 16.5. The fourth-order valence-corrected chi connectivity index (χ4v) is 4.55. The standard InChI is InChI=1S/C41H54O2/c1-32(20-13-22-34(3)23-14-24-35(4)26-16-27-38(7)40(42)43-10)18-11-12-19-33(2)21-15-25-36(5)29-30-39-37(6)28-17-31-41(39,8)9/h11-16,18-27,29-30H,17,28,31H2,1-10H3/b12-11+,20-13+,21-15+,23-14+,26-16+,30-29+,32-18+,33-19+,34-22+,35-24+,36-25+,38-27+. The Morgan fingerprint density at radius 2 is 1.02 bits per heavy atom. The van der Waals surface area contributed by atoms with Gasteiger partial charge in [-0.1, -0.05) is 157 Å². The van der Waals surface area contributed by atoms with E-state index in [4.69, 9.17) is 0 Å². The molecule has 1 rings (SSSR count). The summed E-state index contributed by atoms with van der Waals surface area (Å²) in [5, 5.41) is 0. The smallest absolute Gasteiger partial charge is 0.333 e. The van der Waals surface area contributed by atoms with E-state index < -0.39 is 0 Å². The fraction of sp³-hybridized carbons (Fsp3) is 0.341. The van der Waals surface area contributed by atoms with E-state index in [9.17, 15) is 4.79 Å². The molecule has 0 radical (unpaired) electrons. The summed E-state index contributed by atoms with van der Waals surface area (Å²) in [5.74, 6) is -0.314. The molecule has 230 valence electrons. The summed E-state index contributed by atoms with van der Waals surface area (Å²) >= 11 is 0. The second kappa shape index (κ2) is 20.1. The van der Waals surface area contributed by atoms with Gasteiger partial charge in [0.1, 0.15) is 0 Å². The Balaban J connectivity index is 2.61. The maximum absolute atomic E-state index is 11.4. The topological polar surface area (TPSA) is 26.3 Å². The Hall–Kier alpha value is -3.91. The van der Waals surface area contributed by atoms with Crippen LogP contribution >= 0.6 is 0 Å². The van der Waals surface area contributed by atoms with Crippen LogP contribution in [0.25, 0.3) is 0 Å². The Morgan fingerprint density at radius 1 is 0.628 bits per heavy atom. The number of methoxy groups -OCH3 is 1. The first-order valence-electron chi connectivity index (χ1n) is 15.2. The third-order valence-corrected chi connectivity index (χ3v) is 7.25. The Bertz CT molecular complexity index is 1350. The molecule has 1 aliphatic rings. The number of esters is 1. The summed E-state index contributed by atoms with van der Waals surface area (Å²) in [5.41, 5.74) is 9.77. The van der Waals surface area contributed by atoms with Gasteiger partial charge in [0.15, 0.2) is 0 Å². The summed E-state index contributed by atoms with van der Waals surface area (Å²) in [7, 11) is 1.38. The van der Waals surface area contributed by atoms with Crippen LogP contribution in [0.3, 0.4) is 0 Å². The molecule has 2 nitrogen and oxygen atoms in total. The molecule has 43 heavy (non-hydrogen) atoms. The van der Waals surface area contributed by atoms with Crippen molar-refractivity contribution < 1.29 is 9.53 Å². The van der Waals surface area contributed by atoms with Crippen molar-refractivity contribution in [1.82, 2.24) is 0 Å². The molecular formula is C41H54O2. The van der Waals surface area contributed by atoms with Crippen molar-refractivity contribution in [3.63, 3.8) is 0 Å². The summed E-state index contributed by atoms with van der Waals surface area (Å²) in [6.07, 6.45) is 41.1. The summed E-state index contributed by atoms with van der Waals surface area (Å²) in [6, 6.07) is 0. The highest BCUT2D eigenvalue weighted by Gasteiger charge is 2.26. The number of hydrogen-bond acceptors (Lipinski definition) is 2. The Morgan fingerprint density at radius 3 is 1.44 bits per heavy atom. The summed E-state index contributed by atoms with van der Waals surface area (Å²) < 4.78 is 4.69. The number of hydrogen-bond donors (Lipinski definition) is 0. The predicted molar refractivity (Wildman–Crippen MR) is 190 cm³/mol. The maximum atomic E-state index is 11.4. The maximum Gasteiger partial charge on any atom is 0.333 e. The third kappa shape index (κ3) is 16.3. The largest absolute Gasteiger partial charge is 0.466 e. The second-order valence-corrected chi connectivity index (χ2v) is 12.0. The number of carbonyl (C=O) groups excluding carboxylic acids is 1. The summed E-state index contributed by atoms with van der Waals surface area (Å²) in [4.78, 5) is 11.4. The molecule has 0 atom stereocenters. The molecule has 0 amide bonds. The molecular weight excluding hydrogens is 524 g/mol. The van der Waals surface area contributed by atoms with Gasteiger partial charge in [-0.15, -0.1) is 0 Å². The number of carbonyl (C=O) groups is 1. The average Bonchev–Trinajstić information content (AvgIpc) is 2.94. The highest BCUT2D eigenvalue weighted by Crippen LogP contribution is 2.40. The van der Waals surface area contributed by atoms with Gasteiger partial charge in [0.05, 0.1) is 7.11 Å². The van der Waals surface area contributed by atoms with E-state index in [2.05, 4.69) is 132 Å². The number of allylic oxidation sites excluding steroid dienone is 25. The number of rotatable bonds is 13. The lowest BCUT2D eigenvalue weighted by molar-refractivity contribution is -0.136. The quantitative estimate of drug-likeness (QED) is 0.123. The van der Waals surface area contributed by atoms with Crippen LogP contribution in [-0.2, 0) is 9.53 Å². The third-order valence-electron chi connectivity index (χ3n) is 7.25. The van der Waals surface area contributed by atoms with E-state index >= 15 is 0 Å². The molecule has 0 fully saturated rings. The molecule has 0 bridgehead atoms. The van der Waals surface area contributed by atoms with Crippen LogP contribution in [0.4, 0.5) is 0 Å².